The zero-order valence-corrected chi connectivity index (χ0v) is 8.25. The smallest absolute Gasteiger partial charge is 0.393 e. The molecule has 2 nitrogen and oxygen atoms in total. The summed E-state index contributed by atoms with van der Waals surface area (Å²) in [5, 5.41) is 9.01. The molecule has 0 aliphatic rings. The number of aryl methyl sites for hydroxylation is 1. The second-order valence-corrected chi connectivity index (χ2v) is 3.42. The van der Waals surface area contributed by atoms with Crippen molar-refractivity contribution in [3.63, 3.8) is 0 Å². The number of aliphatic hydroxyl groups is 1. The van der Waals surface area contributed by atoms with E-state index >= 15 is 0 Å². The van der Waals surface area contributed by atoms with Crippen LogP contribution in [0.3, 0.4) is 0 Å². The van der Waals surface area contributed by atoms with Gasteiger partial charge in [0.15, 0.2) is 0 Å². The van der Waals surface area contributed by atoms with Crippen LogP contribution in [0.2, 0.25) is 0 Å². The van der Waals surface area contributed by atoms with Crippen molar-refractivity contribution in [3.8, 4) is 0 Å². The maximum atomic E-state index is 12.5. The van der Waals surface area contributed by atoms with Gasteiger partial charge in [-0.1, -0.05) is 0 Å². The number of aliphatic hydroxyl groups excluding tert-OH is 1. The number of hydrogen-bond donors (Lipinski definition) is 1. The summed E-state index contributed by atoms with van der Waals surface area (Å²) in [5.41, 5.74) is -0.538. The Labute approximate surface area is 85.8 Å². The molecule has 0 aromatic carbocycles. The molecule has 1 N–H and O–H groups in total. The highest BCUT2D eigenvalue weighted by atomic mass is 19.4. The summed E-state index contributed by atoms with van der Waals surface area (Å²) in [5.74, 6) is 0. The zero-order chi connectivity index (χ0) is 11.5. The van der Waals surface area contributed by atoms with E-state index < -0.39 is 17.8 Å². The van der Waals surface area contributed by atoms with Crippen LogP contribution in [-0.2, 0) is 12.6 Å². The number of pyridine rings is 1. The Balaban J connectivity index is 2.87. The highest BCUT2D eigenvalue weighted by molar-refractivity contribution is 5.26. The Morgan fingerprint density at radius 2 is 2.13 bits per heavy atom. The Kier molecular flexibility index (Phi) is 3.68. The summed E-state index contributed by atoms with van der Waals surface area (Å²) in [7, 11) is 0. The standard InChI is InChI=1S/C10H12F3NO/c1-7(15)2-3-8-6-14-5-4-9(8)10(11,12)13/h4-7,15H,2-3H2,1H3/t7-/m1/s1. The van der Waals surface area contributed by atoms with E-state index in [2.05, 4.69) is 4.98 Å². The van der Waals surface area contributed by atoms with Gasteiger partial charge in [-0.25, -0.2) is 0 Å². The van der Waals surface area contributed by atoms with Gasteiger partial charge in [0.25, 0.3) is 0 Å². The van der Waals surface area contributed by atoms with Gasteiger partial charge in [-0.2, -0.15) is 13.2 Å². The van der Waals surface area contributed by atoms with Crippen LogP contribution in [0.4, 0.5) is 13.2 Å². The van der Waals surface area contributed by atoms with Crippen LogP contribution in [0.1, 0.15) is 24.5 Å². The van der Waals surface area contributed by atoms with Gasteiger partial charge in [0.1, 0.15) is 0 Å². The highest BCUT2D eigenvalue weighted by Crippen LogP contribution is 2.31. The van der Waals surface area contributed by atoms with Gasteiger partial charge in [0.2, 0.25) is 0 Å². The predicted molar refractivity (Wildman–Crippen MR) is 49.2 cm³/mol. The molecule has 1 aromatic rings. The Morgan fingerprint density at radius 1 is 1.47 bits per heavy atom. The fourth-order valence-electron chi connectivity index (χ4n) is 1.27. The van der Waals surface area contributed by atoms with Crippen molar-refractivity contribution in [2.45, 2.75) is 32.0 Å². The molecular formula is C10H12F3NO. The van der Waals surface area contributed by atoms with Crippen molar-refractivity contribution in [1.29, 1.82) is 0 Å². The van der Waals surface area contributed by atoms with E-state index in [9.17, 15) is 13.2 Å². The molecule has 5 heteroatoms. The first-order valence-corrected chi connectivity index (χ1v) is 4.59. The lowest BCUT2D eigenvalue weighted by Gasteiger charge is -2.12. The van der Waals surface area contributed by atoms with E-state index in [0.29, 0.717) is 6.42 Å². The molecule has 1 heterocycles. The topological polar surface area (TPSA) is 33.1 Å². The van der Waals surface area contributed by atoms with Crippen LogP contribution in [0.5, 0.6) is 0 Å². The van der Waals surface area contributed by atoms with E-state index in [4.69, 9.17) is 5.11 Å². The average molecular weight is 219 g/mol. The van der Waals surface area contributed by atoms with Crippen LogP contribution in [0.15, 0.2) is 18.5 Å². The number of nitrogens with zero attached hydrogens (tertiary/aromatic N) is 1. The molecule has 0 aliphatic carbocycles. The summed E-state index contributed by atoms with van der Waals surface area (Å²) >= 11 is 0. The predicted octanol–water partition coefficient (Wildman–Crippen LogP) is 2.41. The third-order valence-corrected chi connectivity index (χ3v) is 2.04. The highest BCUT2D eigenvalue weighted by Gasteiger charge is 2.32. The summed E-state index contributed by atoms with van der Waals surface area (Å²) < 4.78 is 37.4. The largest absolute Gasteiger partial charge is 0.416 e. The first-order valence-electron chi connectivity index (χ1n) is 4.59. The third kappa shape index (κ3) is 3.51. The summed E-state index contributed by atoms with van der Waals surface area (Å²) in [6.45, 7) is 1.55. The van der Waals surface area contributed by atoms with E-state index in [1.807, 2.05) is 0 Å². The quantitative estimate of drug-likeness (QED) is 0.846. The first-order chi connectivity index (χ1) is 6.91. The number of alkyl halides is 3. The molecule has 1 atom stereocenters. The van der Waals surface area contributed by atoms with Crippen molar-refractivity contribution in [1.82, 2.24) is 4.98 Å². The van der Waals surface area contributed by atoms with Crippen LogP contribution >= 0.6 is 0 Å². The lowest BCUT2D eigenvalue weighted by Crippen LogP contribution is -2.11. The maximum absolute atomic E-state index is 12.5. The SMILES string of the molecule is C[C@@H](O)CCc1cnccc1C(F)(F)F. The van der Waals surface area contributed by atoms with Gasteiger partial charge < -0.3 is 5.11 Å². The molecule has 0 fully saturated rings. The molecule has 0 radical (unpaired) electrons. The zero-order valence-electron chi connectivity index (χ0n) is 8.25. The normalized spacial score (nSPS) is 13.9. The van der Waals surface area contributed by atoms with Crippen molar-refractivity contribution < 1.29 is 18.3 Å². The minimum atomic E-state index is -4.35. The monoisotopic (exact) mass is 219 g/mol. The molecule has 1 aromatic heterocycles. The van der Waals surface area contributed by atoms with Gasteiger partial charge in [-0.05, 0) is 31.4 Å². The fraction of sp³-hybridized carbons (Fsp3) is 0.500. The molecule has 1 rings (SSSR count). The molecule has 0 spiro atoms. The van der Waals surface area contributed by atoms with Crippen molar-refractivity contribution in [3.05, 3.63) is 29.6 Å². The number of rotatable bonds is 3. The lowest BCUT2D eigenvalue weighted by atomic mass is 10.0. The lowest BCUT2D eigenvalue weighted by molar-refractivity contribution is -0.138. The van der Waals surface area contributed by atoms with E-state index in [1.54, 1.807) is 6.92 Å². The fourth-order valence-corrected chi connectivity index (χ4v) is 1.27. The summed E-state index contributed by atoms with van der Waals surface area (Å²) in [6, 6.07) is 0.956. The van der Waals surface area contributed by atoms with Gasteiger partial charge in [0.05, 0.1) is 11.7 Å². The molecule has 0 unspecified atom stereocenters. The van der Waals surface area contributed by atoms with Crippen LogP contribution in [0.25, 0.3) is 0 Å². The van der Waals surface area contributed by atoms with E-state index in [1.165, 1.54) is 6.20 Å². The summed E-state index contributed by atoms with van der Waals surface area (Å²) in [4.78, 5) is 3.66. The maximum Gasteiger partial charge on any atom is 0.416 e. The first kappa shape index (κ1) is 12.0. The average Bonchev–Trinajstić information content (AvgIpc) is 2.13. The van der Waals surface area contributed by atoms with Crippen molar-refractivity contribution in [2.24, 2.45) is 0 Å². The summed E-state index contributed by atoms with van der Waals surface area (Å²) in [6.07, 6.45) is -2.15. The molecule has 0 saturated heterocycles. The second kappa shape index (κ2) is 4.61. The van der Waals surface area contributed by atoms with Crippen LogP contribution in [-0.4, -0.2) is 16.2 Å². The third-order valence-electron chi connectivity index (χ3n) is 2.04. The number of hydrogen-bond acceptors (Lipinski definition) is 2. The molecule has 0 amide bonds. The Morgan fingerprint density at radius 3 is 2.67 bits per heavy atom. The van der Waals surface area contributed by atoms with Gasteiger partial charge in [-0.3, -0.25) is 4.98 Å². The molecule has 0 aliphatic heterocycles. The molecule has 15 heavy (non-hydrogen) atoms. The second-order valence-electron chi connectivity index (χ2n) is 3.42. The number of aromatic nitrogens is 1. The molecule has 0 bridgehead atoms. The molecular weight excluding hydrogens is 207 g/mol. The minimum Gasteiger partial charge on any atom is -0.393 e. The van der Waals surface area contributed by atoms with Gasteiger partial charge >= 0.3 is 6.18 Å². The Bertz CT molecular complexity index is 323. The van der Waals surface area contributed by atoms with Crippen molar-refractivity contribution >= 4 is 0 Å². The van der Waals surface area contributed by atoms with Crippen LogP contribution < -0.4 is 0 Å². The number of halogens is 3. The molecule has 84 valence electrons. The van der Waals surface area contributed by atoms with Crippen molar-refractivity contribution in [2.75, 3.05) is 0 Å². The Hall–Kier alpha value is -1.10. The van der Waals surface area contributed by atoms with Gasteiger partial charge in [0, 0.05) is 12.4 Å². The van der Waals surface area contributed by atoms with E-state index in [-0.39, 0.29) is 12.0 Å². The van der Waals surface area contributed by atoms with Crippen LogP contribution in [0, 0.1) is 0 Å². The van der Waals surface area contributed by atoms with Gasteiger partial charge in [-0.15, -0.1) is 0 Å². The van der Waals surface area contributed by atoms with E-state index in [0.717, 1.165) is 12.3 Å². The minimum absolute atomic E-state index is 0.130. The molecule has 0 saturated carbocycles.